The molecule has 0 bridgehead atoms. The summed E-state index contributed by atoms with van der Waals surface area (Å²) >= 11 is 0. The Morgan fingerprint density at radius 3 is 2.56 bits per heavy atom. The number of rotatable bonds is 6. The van der Waals surface area contributed by atoms with Crippen LogP contribution in [0.15, 0.2) is 72.9 Å². The van der Waals surface area contributed by atoms with Gasteiger partial charge in [-0.3, -0.25) is 9.59 Å². The first-order valence-electron chi connectivity index (χ1n) is 11.6. The number of hydrogen-bond donors (Lipinski definition) is 1. The van der Waals surface area contributed by atoms with Crippen LogP contribution >= 0.6 is 0 Å². The summed E-state index contributed by atoms with van der Waals surface area (Å²) in [7, 11) is 3.46. The zero-order chi connectivity index (χ0) is 25.4. The second-order valence-corrected chi connectivity index (χ2v) is 8.83. The van der Waals surface area contributed by atoms with Crippen molar-refractivity contribution in [2.24, 2.45) is 7.05 Å². The molecule has 36 heavy (non-hydrogen) atoms. The van der Waals surface area contributed by atoms with Crippen LogP contribution in [0, 0.1) is 11.6 Å². The van der Waals surface area contributed by atoms with Gasteiger partial charge in [-0.2, -0.15) is 0 Å². The van der Waals surface area contributed by atoms with Crippen molar-refractivity contribution in [2.45, 2.75) is 12.0 Å². The Labute approximate surface area is 207 Å². The molecule has 3 aromatic carbocycles. The molecule has 6 nitrogen and oxygen atoms in total. The minimum absolute atomic E-state index is 0.129. The van der Waals surface area contributed by atoms with Crippen LogP contribution in [0.5, 0.6) is 0 Å². The quantitative estimate of drug-likeness (QED) is 0.414. The summed E-state index contributed by atoms with van der Waals surface area (Å²) in [5.41, 5.74) is 2.58. The highest BCUT2D eigenvalue weighted by Gasteiger charge is 2.45. The Bertz CT molecular complexity index is 1470. The van der Waals surface area contributed by atoms with E-state index in [2.05, 4.69) is 5.32 Å². The number of carbonyl (C=O) groups excluding carboxylic acids is 2. The number of fused-ring (bicyclic) bond motifs is 2. The molecule has 0 saturated heterocycles. The highest BCUT2D eigenvalue weighted by Crippen LogP contribution is 2.45. The maximum atomic E-state index is 14.5. The summed E-state index contributed by atoms with van der Waals surface area (Å²) in [6, 6.07) is 17.1. The van der Waals surface area contributed by atoms with Crippen LogP contribution in [0.1, 0.15) is 33.4 Å². The van der Waals surface area contributed by atoms with Crippen molar-refractivity contribution in [1.29, 1.82) is 0 Å². The number of methoxy groups -OCH3 is 1. The summed E-state index contributed by atoms with van der Waals surface area (Å²) in [6.45, 7) is 0.530. The molecule has 8 heteroatoms. The van der Waals surface area contributed by atoms with Gasteiger partial charge in [0.1, 0.15) is 11.6 Å². The zero-order valence-electron chi connectivity index (χ0n) is 19.9. The number of benzene rings is 3. The fourth-order valence-electron chi connectivity index (χ4n) is 5.07. The lowest BCUT2D eigenvalue weighted by atomic mass is 9.79. The number of amides is 2. The van der Waals surface area contributed by atoms with Gasteiger partial charge in [0, 0.05) is 55.0 Å². The van der Waals surface area contributed by atoms with E-state index in [1.807, 2.05) is 42.1 Å². The molecular weight excluding hydrogens is 464 g/mol. The molecule has 2 amide bonds. The maximum absolute atomic E-state index is 14.5. The van der Waals surface area contributed by atoms with E-state index < -0.39 is 29.5 Å². The predicted octanol–water partition coefficient (Wildman–Crippen LogP) is 5.02. The average molecular weight is 490 g/mol. The van der Waals surface area contributed by atoms with Crippen molar-refractivity contribution in [1.82, 2.24) is 9.47 Å². The third kappa shape index (κ3) is 4.03. The molecule has 0 saturated carbocycles. The first-order valence-corrected chi connectivity index (χ1v) is 11.6. The Morgan fingerprint density at radius 1 is 1.03 bits per heavy atom. The van der Waals surface area contributed by atoms with Gasteiger partial charge >= 0.3 is 0 Å². The molecule has 184 valence electrons. The number of para-hydroxylation sites is 1. The molecule has 0 fully saturated rings. The monoisotopic (exact) mass is 489 g/mol. The van der Waals surface area contributed by atoms with Crippen LogP contribution < -0.4 is 5.32 Å². The minimum Gasteiger partial charge on any atom is -0.383 e. The van der Waals surface area contributed by atoms with E-state index >= 15 is 0 Å². The maximum Gasteiger partial charge on any atom is 0.254 e. The zero-order valence-corrected chi connectivity index (χ0v) is 19.9. The number of halogens is 2. The molecule has 2 atom stereocenters. The molecule has 1 N–H and O–H groups in total. The Kier molecular flexibility index (Phi) is 6.28. The summed E-state index contributed by atoms with van der Waals surface area (Å²) in [5, 5.41) is 3.55. The molecular formula is C28H25F2N3O3. The Balaban J connectivity index is 1.69. The third-order valence-electron chi connectivity index (χ3n) is 6.69. The highest BCUT2D eigenvalue weighted by molar-refractivity contribution is 6.05. The molecule has 1 aliphatic heterocycles. The van der Waals surface area contributed by atoms with E-state index in [4.69, 9.17) is 4.74 Å². The lowest BCUT2D eigenvalue weighted by molar-refractivity contribution is -0.119. The number of nitrogens with zero attached hydrogens (tertiary/aromatic N) is 2. The fraction of sp³-hybridized carbons (Fsp3) is 0.214. The average Bonchev–Trinajstić information content (AvgIpc) is 3.21. The summed E-state index contributed by atoms with van der Waals surface area (Å²) in [5.74, 6) is -3.18. The molecule has 0 unspecified atom stereocenters. The van der Waals surface area contributed by atoms with E-state index in [0.29, 0.717) is 11.1 Å². The molecule has 1 aliphatic rings. The summed E-state index contributed by atoms with van der Waals surface area (Å²) < 4.78 is 35.2. The van der Waals surface area contributed by atoms with E-state index in [-0.39, 0.29) is 24.7 Å². The van der Waals surface area contributed by atoms with Crippen molar-refractivity contribution >= 4 is 28.4 Å². The van der Waals surface area contributed by atoms with Crippen molar-refractivity contribution in [3.05, 3.63) is 101 Å². The van der Waals surface area contributed by atoms with Crippen LogP contribution in [0.25, 0.3) is 10.9 Å². The lowest BCUT2D eigenvalue weighted by Crippen LogP contribution is -2.47. The van der Waals surface area contributed by atoms with Crippen LogP contribution in [0.4, 0.5) is 14.5 Å². The number of aromatic nitrogens is 1. The van der Waals surface area contributed by atoms with Gasteiger partial charge in [-0.25, -0.2) is 8.78 Å². The predicted molar refractivity (Wildman–Crippen MR) is 133 cm³/mol. The number of aryl methyl sites for hydroxylation is 1. The van der Waals surface area contributed by atoms with Crippen molar-refractivity contribution < 1.29 is 23.1 Å². The topological polar surface area (TPSA) is 63.6 Å². The van der Waals surface area contributed by atoms with Gasteiger partial charge in [0.05, 0.1) is 24.3 Å². The van der Waals surface area contributed by atoms with E-state index in [1.54, 1.807) is 36.3 Å². The van der Waals surface area contributed by atoms with Crippen molar-refractivity contribution in [3.8, 4) is 0 Å². The second kappa shape index (κ2) is 9.54. The largest absolute Gasteiger partial charge is 0.383 e. The number of nitrogens with one attached hydrogen (secondary N) is 1. The van der Waals surface area contributed by atoms with Gasteiger partial charge in [-0.05, 0) is 29.8 Å². The second-order valence-electron chi connectivity index (χ2n) is 8.83. The normalized spacial score (nSPS) is 17.3. The van der Waals surface area contributed by atoms with Gasteiger partial charge < -0.3 is 19.5 Å². The van der Waals surface area contributed by atoms with Crippen LogP contribution in [0.3, 0.4) is 0 Å². The van der Waals surface area contributed by atoms with Crippen LogP contribution in [-0.2, 0) is 16.6 Å². The van der Waals surface area contributed by atoms with Gasteiger partial charge in [0.2, 0.25) is 5.91 Å². The van der Waals surface area contributed by atoms with Crippen LogP contribution in [0.2, 0.25) is 0 Å². The lowest BCUT2D eigenvalue weighted by Gasteiger charge is -2.41. The van der Waals surface area contributed by atoms with E-state index in [1.165, 1.54) is 6.07 Å². The number of carbonyl (C=O) groups is 2. The van der Waals surface area contributed by atoms with E-state index in [0.717, 1.165) is 28.6 Å². The molecule has 0 spiro atoms. The standard InChI is InChI=1S/C28H25F2N3O3/c1-32-16-21(18-7-5-6-10-24(18)32)26-25(27(34)31-23-12-11-17(29)15-22(23)30)19-8-3-4-9-20(19)28(35)33(26)13-14-36-2/h3-12,15-16,25-26H,13-14H2,1-2H3,(H,31,34)/t25-,26+/m0/s1. The Hall–Kier alpha value is -4.04. The van der Waals surface area contributed by atoms with Crippen molar-refractivity contribution in [2.75, 3.05) is 25.6 Å². The molecule has 0 radical (unpaired) electrons. The molecule has 0 aliphatic carbocycles. The smallest absolute Gasteiger partial charge is 0.254 e. The number of anilines is 1. The first-order chi connectivity index (χ1) is 17.4. The molecule has 5 rings (SSSR count). The fourth-order valence-corrected chi connectivity index (χ4v) is 5.07. The molecule has 2 heterocycles. The molecule has 1 aromatic heterocycles. The molecule has 4 aromatic rings. The SMILES string of the molecule is COCCN1C(=O)c2ccccc2[C@H](C(=O)Nc2ccc(F)cc2F)[C@H]1c1cn(C)c2ccccc12. The number of hydrogen-bond acceptors (Lipinski definition) is 3. The van der Waals surface area contributed by atoms with Gasteiger partial charge in [-0.15, -0.1) is 0 Å². The van der Waals surface area contributed by atoms with E-state index in [9.17, 15) is 18.4 Å². The Morgan fingerprint density at radius 2 is 1.78 bits per heavy atom. The van der Waals surface area contributed by atoms with Gasteiger partial charge in [-0.1, -0.05) is 36.4 Å². The summed E-state index contributed by atoms with van der Waals surface area (Å²) in [4.78, 5) is 29.2. The third-order valence-corrected chi connectivity index (χ3v) is 6.69. The minimum atomic E-state index is -0.874. The first kappa shape index (κ1) is 23.7. The summed E-state index contributed by atoms with van der Waals surface area (Å²) in [6.07, 6.45) is 1.93. The number of ether oxygens (including phenoxy) is 1. The van der Waals surface area contributed by atoms with Crippen molar-refractivity contribution in [3.63, 3.8) is 0 Å². The highest BCUT2D eigenvalue weighted by atomic mass is 19.1. The van der Waals surface area contributed by atoms with Crippen LogP contribution in [-0.4, -0.2) is 41.5 Å². The van der Waals surface area contributed by atoms with Gasteiger partial charge in [0.15, 0.2) is 0 Å². The van der Waals surface area contributed by atoms with Gasteiger partial charge in [0.25, 0.3) is 5.91 Å².